The third-order valence-electron chi connectivity index (χ3n) is 2.63. The van der Waals surface area contributed by atoms with Gasteiger partial charge in [0.25, 0.3) is 10.0 Å². The Hall–Kier alpha value is -2.60. The number of sulfonamides is 1. The van der Waals surface area contributed by atoms with Crippen molar-refractivity contribution in [2.24, 2.45) is 0 Å². The summed E-state index contributed by atoms with van der Waals surface area (Å²) in [5.74, 6) is -1.06. The van der Waals surface area contributed by atoms with Crippen LogP contribution in [0.2, 0.25) is 0 Å². The highest BCUT2D eigenvalue weighted by Crippen LogP contribution is 2.13. The van der Waals surface area contributed by atoms with Gasteiger partial charge in [-0.15, -0.1) is 0 Å². The first-order chi connectivity index (χ1) is 9.96. The number of hydrogen-bond acceptors (Lipinski definition) is 3. The molecule has 0 aliphatic carbocycles. The number of carbonyl (C=O) groups is 1. The zero-order valence-corrected chi connectivity index (χ0v) is 11.7. The summed E-state index contributed by atoms with van der Waals surface area (Å²) in [5.41, 5.74) is 1.17. The highest BCUT2D eigenvalue weighted by atomic mass is 32.2. The largest absolute Gasteiger partial charge is 0.478 e. The SMILES string of the molecule is O=C(O)c1ccc(NS(=O)(=O)/C=C/c2ccccc2)cc1. The van der Waals surface area contributed by atoms with E-state index < -0.39 is 16.0 Å². The van der Waals surface area contributed by atoms with Crippen LogP contribution < -0.4 is 4.72 Å². The fourth-order valence-corrected chi connectivity index (χ4v) is 2.48. The molecule has 2 aromatic carbocycles. The van der Waals surface area contributed by atoms with Crippen LogP contribution in [0.25, 0.3) is 6.08 Å². The highest BCUT2D eigenvalue weighted by molar-refractivity contribution is 7.95. The highest BCUT2D eigenvalue weighted by Gasteiger charge is 2.07. The number of benzene rings is 2. The quantitative estimate of drug-likeness (QED) is 0.889. The molecule has 0 aliphatic rings. The molecule has 0 aromatic heterocycles. The molecule has 0 saturated heterocycles. The summed E-state index contributed by atoms with van der Waals surface area (Å²) in [6.07, 6.45) is 1.48. The van der Waals surface area contributed by atoms with Crippen LogP contribution in [-0.4, -0.2) is 19.5 Å². The fraction of sp³-hybridized carbons (Fsp3) is 0. The van der Waals surface area contributed by atoms with Gasteiger partial charge in [0.05, 0.1) is 11.0 Å². The Kier molecular flexibility index (Phi) is 4.39. The Bertz CT molecular complexity index is 750. The summed E-state index contributed by atoms with van der Waals surface area (Å²) >= 11 is 0. The van der Waals surface area contributed by atoms with Crippen molar-refractivity contribution in [1.82, 2.24) is 0 Å². The number of hydrogen-bond donors (Lipinski definition) is 2. The van der Waals surface area contributed by atoms with Gasteiger partial charge in [0.15, 0.2) is 0 Å². The van der Waals surface area contributed by atoms with Gasteiger partial charge < -0.3 is 5.11 Å². The number of rotatable bonds is 5. The van der Waals surface area contributed by atoms with Gasteiger partial charge in [0, 0.05) is 5.69 Å². The number of anilines is 1. The minimum Gasteiger partial charge on any atom is -0.478 e. The molecule has 5 nitrogen and oxygen atoms in total. The van der Waals surface area contributed by atoms with Crippen molar-refractivity contribution in [2.75, 3.05) is 4.72 Å². The molecule has 108 valence electrons. The van der Waals surface area contributed by atoms with E-state index in [0.717, 1.165) is 11.0 Å². The maximum atomic E-state index is 11.9. The van der Waals surface area contributed by atoms with Gasteiger partial charge in [0.1, 0.15) is 0 Å². The van der Waals surface area contributed by atoms with Crippen molar-refractivity contribution in [3.05, 3.63) is 71.1 Å². The molecule has 0 atom stereocenters. The Balaban J connectivity index is 2.10. The van der Waals surface area contributed by atoms with Crippen LogP contribution in [0.5, 0.6) is 0 Å². The minimum atomic E-state index is -3.64. The average Bonchev–Trinajstić information content (AvgIpc) is 2.46. The van der Waals surface area contributed by atoms with Crippen LogP contribution in [0.3, 0.4) is 0 Å². The summed E-state index contributed by atoms with van der Waals surface area (Å²) < 4.78 is 26.1. The van der Waals surface area contributed by atoms with Gasteiger partial charge in [-0.1, -0.05) is 30.3 Å². The molecule has 0 spiro atoms. The summed E-state index contributed by atoms with van der Waals surface area (Å²) in [6.45, 7) is 0. The second-order valence-corrected chi connectivity index (χ2v) is 5.81. The molecule has 21 heavy (non-hydrogen) atoms. The lowest BCUT2D eigenvalue weighted by Crippen LogP contribution is -2.09. The van der Waals surface area contributed by atoms with E-state index in [1.807, 2.05) is 18.2 Å². The van der Waals surface area contributed by atoms with Crippen LogP contribution in [0.4, 0.5) is 5.69 Å². The van der Waals surface area contributed by atoms with Crippen LogP contribution in [0.1, 0.15) is 15.9 Å². The molecule has 0 fully saturated rings. The summed E-state index contributed by atoms with van der Waals surface area (Å²) in [7, 11) is -3.64. The van der Waals surface area contributed by atoms with E-state index in [1.54, 1.807) is 12.1 Å². The molecule has 6 heteroatoms. The monoisotopic (exact) mass is 303 g/mol. The second-order valence-electron chi connectivity index (χ2n) is 4.24. The molecular weight excluding hydrogens is 290 g/mol. The van der Waals surface area contributed by atoms with Crippen molar-refractivity contribution in [3.63, 3.8) is 0 Å². The topological polar surface area (TPSA) is 83.5 Å². The first-order valence-electron chi connectivity index (χ1n) is 6.05. The second kappa shape index (κ2) is 6.23. The van der Waals surface area contributed by atoms with Gasteiger partial charge in [-0.25, -0.2) is 13.2 Å². The summed E-state index contributed by atoms with van der Waals surface area (Å²) in [4.78, 5) is 10.7. The van der Waals surface area contributed by atoms with E-state index in [1.165, 1.54) is 30.3 Å². The summed E-state index contributed by atoms with van der Waals surface area (Å²) in [6, 6.07) is 14.5. The molecule has 2 rings (SSSR count). The lowest BCUT2D eigenvalue weighted by atomic mass is 10.2. The smallest absolute Gasteiger partial charge is 0.335 e. The lowest BCUT2D eigenvalue weighted by Gasteiger charge is -2.04. The zero-order chi connectivity index (χ0) is 15.3. The van der Waals surface area contributed by atoms with E-state index in [-0.39, 0.29) is 5.56 Å². The standard InChI is InChI=1S/C15H13NO4S/c17-15(18)13-6-8-14(9-7-13)16-21(19,20)11-10-12-4-2-1-3-5-12/h1-11,16H,(H,17,18)/b11-10+. The van der Waals surface area contributed by atoms with Gasteiger partial charge in [-0.2, -0.15) is 0 Å². The van der Waals surface area contributed by atoms with Gasteiger partial charge >= 0.3 is 5.97 Å². The van der Waals surface area contributed by atoms with Crippen molar-refractivity contribution in [1.29, 1.82) is 0 Å². The molecule has 0 unspecified atom stereocenters. The predicted molar refractivity (Wildman–Crippen MR) is 81.4 cm³/mol. The molecule has 0 saturated carbocycles. The summed E-state index contributed by atoms with van der Waals surface area (Å²) in [5, 5.41) is 9.83. The van der Waals surface area contributed by atoms with E-state index in [0.29, 0.717) is 5.69 Å². The van der Waals surface area contributed by atoms with Crippen LogP contribution >= 0.6 is 0 Å². The molecule has 0 heterocycles. The van der Waals surface area contributed by atoms with Crippen LogP contribution in [0, 0.1) is 0 Å². The van der Waals surface area contributed by atoms with E-state index in [4.69, 9.17) is 5.11 Å². The number of carboxylic acid groups (broad SMARTS) is 1. The predicted octanol–water partition coefficient (Wildman–Crippen LogP) is 2.80. The number of nitrogens with one attached hydrogen (secondary N) is 1. The first-order valence-corrected chi connectivity index (χ1v) is 7.60. The van der Waals surface area contributed by atoms with Crippen LogP contribution in [-0.2, 0) is 10.0 Å². The van der Waals surface area contributed by atoms with Gasteiger partial charge in [-0.3, -0.25) is 4.72 Å². The van der Waals surface area contributed by atoms with Gasteiger partial charge in [-0.05, 0) is 35.9 Å². The molecule has 2 aromatic rings. The Morgan fingerprint density at radius 3 is 2.19 bits per heavy atom. The lowest BCUT2D eigenvalue weighted by molar-refractivity contribution is 0.0697. The molecule has 0 radical (unpaired) electrons. The number of carboxylic acids is 1. The molecule has 0 aliphatic heterocycles. The molecule has 0 amide bonds. The Labute approximate surface area is 122 Å². The fourth-order valence-electron chi connectivity index (χ4n) is 1.61. The van der Waals surface area contributed by atoms with Crippen molar-refractivity contribution in [2.45, 2.75) is 0 Å². The average molecular weight is 303 g/mol. The maximum Gasteiger partial charge on any atom is 0.335 e. The van der Waals surface area contributed by atoms with E-state index in [2.05, 4.69) is 4.72 Å². The van der Waals surface area contributed by atoms with Crippen molar-refractivity contribution in [3.8, 4) is 0 Å². The van der Waals surface area contributed by atoms with Gasteiger partial charge in [0.2, 0.25) is 0 Å². The minimum absolute atomic E-state index is 0.0952. The number of aromatic carboxylic acids is 1. The van der Waals surface area contributed by atoms with E-state index >= 15 is 0 Å². The molecule has 2 N–H and O–H groups in total. The van der Waals surface area contributed by atoms with E-state index in [9.17, 15) is 13.2 Å². The molecular formula is C15H13NO4S. The van der Waals surface area contributed by atoms with Crippen molar-refractivity contribution < 1.29 is 18.3 Å². The first kappa shape index (κ1) is 14.8. The third-order valence-corrected chi connectivity index (χ3v) is 3.65. The maximum absolute atomic E-state index is 11.9. The van der Waals surface area contributed by atoms with Crippen LogP contribution in [0.15, 0.2) is 60.0 Å². The molecule has 0 bridgehead atoms. The third kappa shape index (κ3) is 4.47. The Morgan fingerprint density at radius 1 is 1.00 bits per heavy atom. The Morgan fingerprint density at radius 2 is 1.62 bits per heavy atom. The normalized spacial score (nSPS) is 11.4. The zero-order valence-electron chi connectivity index (χ0n) is 10.9. The van der Waals surface area contributed by atoms with Crippen molar-refractivity contribution >= 4 is 27.8 Å².